The Morgan fingerprint density at radius 3 is 1.30 bits per heavy atom. The molecule has 0 amide bonds. The number of rotatable bonds is 0. The second-order valence-electron chi connectivity index (χ2n) is 5.70. The first kappa shape index (κ1) is 16.0. The van der Waals surface area contributed by atoms with Crippen molar-refractivity contribution in [2.24, 2.45) is 0 Å². The number of nitriles is 3. The van der Waals surface area contributed by atoms with E-state index < -0.39 is 0 Å². The second kappa shape index (κ2) is 5.51. The van der Waals surface area contributed by atoms with Gasteiger partial charge >= 0.3 is 0 Å². The molecule has 0 unspecified atom stereocenters. The van der Waals surface area contributed by atoms with Gasteiger partial charge in [0.15, 0.2) is 22.9 Å². The number of hydrogen-bond donors (Lipinski definition) is 1. The fourth-order valence-electron chi connectivity index (χ4n) is 2.77. The number of fused-ring (bicyclic) bond motifs is 6. The van der Waals surface area contributed by atoms with E-state index in [-0.39, 0.29) is 45.0 Å². The number of nitrogen functional groups attached to an aromatic ring is 1. The molecule has 10 heteroatoms. The van der Waals surface area contributed by atoms with E-state index in [9.17, 15) is 15.8 Å². The van der Waals surface area contributed by atoms with Gasteiger partial charge in [-0.1, -0.05) is 0 Å². The van der Waals surface area contributed by atoms with Gasteiger partial charge in [-0.2, -0.15) is 15.8 Å². The molecule has 0 radical (unpaired) electrons. The number of nitrogens with zero attached hydrogens (tertiary/aromatic N) is 9. The predicted molar refractivity (Wildman–Crippen MR) is 93.8 cm³/mol. The van der Waals surface area contributed by atoms with Gasteiger partial charge in [-0.15, -0.1) is 0 Å². The van der Waals surface area contributed by atoms with E-state index in [1.165, 1.54) is 0 Å². The summed E-state index contributed by atoms with van der Waals surface area (Å²) >= 11 is 0. The number of aromatic nitrogens is 6. The van der Waals surface area contributed by atoms with Gasteiger partial charge in [-0.25, -0.2) is 29.9 Å². The maximum atomic E-state index is 9.30. The van der Waals surface area contributed by atoms with Crippen molar-refractivity contribution in [3.05, 3.63) is 28.5 Å². The van der Waals surface area contributed by atoms with E-state index >= 15 is 0 Å². The van der Waals surface area contributed by atoms with Crippen LogP contribution in [0.25, 0.3) is 33.1 Å². The van der Waals surface area contributed by atoms with Crippen LogP contribution >= 0.6 is 0 Å². The molecule has 3 aromatic heterocycles. The van der Waals surface area contributed by atoms with Gasteiger partial charge in [0, 0.05) is 0 Å². The van der Waals surface area contributed by atoms with Gasteiger partial charge in [0.1, 0.15) is 51.3 Å². The minimum atomic E-state index is -0.0791. The van der Waals surface area contributed by atoms with E-state index in [1.54, 1.807) is 13.8 Å². The lowest BCUT2D eigenvalue weighted by atomic mass is 10.1. The summed E-state index contributed by atoms with van der Waals surface area (Å²) in [5.74, 6) is -0.0767. The zero-order valence-corrected chi connectivity index (χ0v) is 14.1. The number of benzene rings is 1. The molecule has 0 saturated carbocycles. The SMILES string of the molecule is Cc1nc2c3nc(C)c(C#N)nc3c3nc(C#N)c(N)nc3c2nc1C#N. The first-order chi connectivity index (χ1) is 13.0. The molecule has 0 bridgehead atoms. The van der Waals surface area contributed by atoms with Gasteiger partial charge in [0.2, 0.25) is 0 Å². The van der Waals surface area contributed by atoms with E-state index in [1.807, 2.05) is 18.2 Å². The molecule has 0 saturated heterocycles. The average molecular weight is 352 g/mol. The number of nitrogens with two attached hydrogens (primary N) is 1. The third kappa shape index (κ3) is 2.16. The van der Waals surface area contributed by atoms with Crippen molar-refractivity contribution in [3.8, 4) is 18.2 Å². The van der Waals surface area contributed by atoms with Crippen LogP contribution in [0.5, 0.6) is 0 Å². The summed E-state index contributed by atoms with van der Waals surface area (Å²) in [5.41, 5.74) is 8.55. The molecule has 0 aliphatic heterocycles. The Hall–Kier alpha value is -4.49. The highest BCUT2D eigenvalue weighted by atomic mass is 15.0. The van der Waals surface area contributed by atoms with Crippen molar-refractivity contribution in [3.63, 3.8) is 0 Å². The molecule has 2 N–H and O–H groups in total. The second-order valence-corrected chi connectivity index (χ2v) is 5.70. The predicted octanol–water partition coefficient (Wildman–Crippen LogP) is 1.33. The minimum Gasteiger partial charge on any atom is -0.381 e. The van der Waals surface area contributed by atoms with Gasteiger partial charge in [0.05, 0.1) is 11.4 Å². The molecule has 0 atom stereocenters. The molecule has 3 heterocycles. The molecule has 27 heavy (non-hydrogen) atoms. The molecule has 4 aromatic rings. The molecule has 4 rings (SSSR count). The van der Waals surface area contributed by atoms with Crippen LogP contribution < -0.4 is 5.73 Å². The fourth-order valence-corrected chi connectivity index (χ4v) is 2.77. The quantitative estimate of drug-likeness (QED) is 0.454. The largest absolute Gasteiger partial charge is 0.381 e. The lowest BCUT2D eigenvalue weighted by Crippen LogP contribution is -2.05. The van der Waals surface area contributed by atoms with E-state index in [2.05, 4.69) is 29.9 Å². The third-order valence-electron chi connectivity index (χ3n) is 4.05. The molecule has 126 valence electrons. The van der Waals surface area contributed by atoms with Crippen LogP contribution in [0.2, 0.25) is 0 Å². The molecule has 0 aliphatic rings. The van der Waals surface area contributed by atoms with Crippen molar-refractivity contribution < 1.29 is 0 Å². The highest BCUT2D eigenvalue weighted by Crippen LogP contribution is 2.31. The van der Waals surface area contributed by atoms with Crippen molar-refractivity contribution in [1.82, 2.24) is 29.9 Å². The van der Waals surface area contributed by atoms with Crippen molar-refractivity contribution in [2.45, 2.75) is 13.8 Å². The fraction of sp³-hybridized carbons (Fsp3) is 0.118. The van der Waals surface area contributed by atoms with Crippen molar-refractivity contribution >= 4 is 38.9 Å². The summed E-state index contributed by atoms with van der Waals surface area (Å²) in [5, 5.41) is 27.8. The molecular formula is C17H8N10. The number of hydrogen-bond acceptors (Lipinski definition) is 10. The lowest BCUT2D eigenvalue weighted by Gasteiger charge is -2.10. The van der Waals surface area contributed by atoms with Crippen LogP contribution in [0.15, 0.2) is 0 Å². The smallest absolute Gasteiger partial charge is 0.183 e. The Labute approximate surface area is 151 Å². The highest BCUT2D eigenvalue weighted by molar-refractivity contribution is 6.18. The lowest BCUT2D eigenvalue weighted by molar-refractivity contribution is 1.12. The third-order valence-corrected chi connectivity index (χ3v) is 4.05. The maximum Gasteiger partial charge on any atom is 0.183 e. The van der Waals surface area contributed by atoms with Gasteiger partial charge in [-0.05, 0) is 13.8 Å². The van der Waals surface area contributed by atoms with Crippen LogP contribution in [0.3, 0.4) is 0 Å². The Morgan fingerprint density at radius 2 is 0.889 bits per heavy atom. The van der Waals surface area contributed by atoms with E-state index in [4.69, 9.17) is 5.73 Å². The molecule has 0 aliphatic carbocycles. The van der Waals surface area contributed by atoms with Crippen molar-refractivity contribution in [1.29, 1.82) is 15.8 Å². The average Bonchev–Trinajstić information content (AvgIpc) is 2.67. The Morgan fingerprint density at radius 1 is 0.556 bits per heavy atom. The normalized spacial score (nSPS) is 10.6. The maximum absolute atomic E-state index is 9.30. The zero-order chi connectivity index (χ0) is 19.3. The summed E-state index contributed by atoms with van der Waals surface area (Å²) in [6.07, 6.45) is 0. The molecule has 0 fully saturated rings. The first-order valence-corrected chi connectivity index (χ1v) is 7.64. The highest BCUT2D eigenvalue weighted by Gasteiger charge is 2.20. The topological polar surface area (TPSA) is 175 Å². The Balaban J connectivity index is 2.39. The summed E-state index contributed by atoms with van der Waals surface area (Å²) in [6, 6.07) is 5.83. The van der Waals surface area contributed by atoms with Crippen LogP contribution in [-0.4, -0.2) is 29.9 Å². The molecule has 0 spiro atoms. The monoisotopic (exact) mass is 352 g/mol. The summed E-state index contributed by atoms with van der Waals surface area (Å²) in [6.45, 7) is 3.31. The van der Waals surface area contributed by atoms with Crippen LogP contribution in [0, 0.1) is 47.8 Å². The summed E-state index contributed by atoms with van der Waals surface area (Å²) < 4.78 is 0. The number of anilines is 1. The van der Waals surface area contributed by atoms with Gasteiger partial charge in [-0.3, -0.25) is 0 Å². The van der Waals surface area contributed by atoms with Crippen molar-refractivity contribution in [2.75, 3.05) is 5.73 Å². The Bertz CT molecular complexity index is 1430. The number of aryl methyl sites for hydroxylation is 2. The molecular weight excluding hydrogens is 344 g/mol. The summed E-state index contributed by atoms with van der Waals surface area (Å²) in [4.78, 5) is 26.1. The van der Waals surface area contributed by atoms with Crippen LogP contribution in [-0.2, 0) is 0 Å². The minimum absolute atomic E-state index is 0.0767. The van der Waals surface area contributed by atoms with Crippen LogP contribution in [0.4, 0.5) is 5.82 Å². The van der Waals surface area contributed by atoms with E-state index in [0.717, 1.165) is 0 Å². The zero-order valence-electron chi connectivity index (χ0n) is 14.1. The van der Waals surface area contributed by atoms with Crippen LogP contribution in [0.1, 0.15) is 28.5 Å². The van der Waals surface area contributed by atoms with E-state index in [0.29, 0.717) is 22.4 Å². The van der Waals surface area contributed by atoms with Gasteiger partial charge in [0.25, 0.3) is 0 Å². The standard InChI is InChI=1S/C17H8N10/c1-6-8(3-18)24-13-11(22-6)12-14(25-9(4-19)7(2)23-12)16-15(13)26-10(5-20)17(21)27-16/h1-2H3,(H2,21,27). The Kier molecular flexibility index (Phi) is 3.27. The molecule has 10 nitrogen and oxygen atoms in total. The van der Waals surface area contributed by atoms with Gasteiger partial charge < -0.3 is 5.73 Å². The molecule has 1 aromatic carbocycles. The summed E-state index contributed by atoms with van der Waals surface area (Å²) in [7, 11) is 0. The first-order valence-electron chi connectivity index (χ1n) is 7.64.